The third kappa shape index (κ3) is 6.03. The Balaban J connectivity index is 0.00000220. The summed E-state index contributed by atoms with van der Waals surface area (Å²) in [6.45, 7) is 2.67. The summed E-state index contributed by atoms with van der Waals surface area (Å²) in [5, 5.41) is 4.53. The highest BCUT2D eigenvalue weighted by atomic mass is 35.5. The Labute approximate surface area is 142 Å². The summed E-state index contributed by atoms with van der Waals surface area (Å²) in [4.78, 5) is 13.9. The van der Waals surface area contributed by atoms with E-state index in [0.29, 0.717) is 28.9 Å². The Morgan fingerprint density at radius 3 is 2.57 bits per heavy atom. The number of nitrogens with zero attached hydrogens (tertiary/aromatic N) is 1. The summed E-state index contributed by atoms with van der Waals surface area (Å²) in [5.41, 5.74) is 0.959. The number of carbonyl (C=O) groups is 1. The lowest BCUT2D eigenvalue weighted by molar-refractivity contribution is -0.130. The molecule has 1 atom stereocenters. The Morgan fingerprint density at radius 2 is 2.00 bits per heavy atom. The van der Waals surface area contributed by atoms with Crippen LogP contribution in [0.15, 0.2) is 18.2 Å². The summed E-state index contributed by atoms with van der Waals surface area (Å²) in [6.07, 6.45) is 2.75. The lowest BCUT2D eigenvalue weighted by Crippen LogP contribution is -2.26. The normalized spacial score (nSPS) is 17.4. The monoisotopic (exact) mass is 350 g/mol. The molecule has 1 saturated heterocycles. The number of hydrogen-bond acceptors (Lipinski definition) is 2. The van der Waals surface area contributed by atoms with Crippen LogP contribution >= 0.6 is 35.6 Å². The molecule has 1 fully saturated rings. The van der Waals surface area contributed by atoms with Gasteiger partial charge in [-0.05, 0) is 55.6 Å². The number of amides is 1. The molecule has 3 nitrogen and oxygen atoms in total. The number of halogens is 3. The number of nitrogens with one attached hydrogen (secondary N) is 1. The van der Waals surface area contributed by atoms with E-state index in [4.69, 9.17) is 23.2 Å². The Kier molecular flexibility index (Phi) is 7.82. The van der Waals surface area contributed by atoms with Crippen LogP contribution in [0.4, 0.5) is 0 Å². The van der Waals surface area contributed by atoms with E-state index in [1.54, 1.807) is 11.0 Å². The van der Waals surface area contributed by atoms with Gasteiger partial charge >= 0.3 is 0 Å². The fraction of sp³-hybridized carbons (Fsp3) is 0.533. The first-order chi connectivity index (χ1) is 9.54. The maximum atomic E-state index is 12.1. The molecule has 1 heterocycles. The lowest BCUT2D eigenvalue weighted by Gasteiger charge is -2.18. The van der Waals surface area contributed by atoms with Crippen molar-refractivity contribution in [2.75, 3.05) is 20.1 Å². The van der Waals surface area contributed by atoms with Crippen molar-refractivity contribution < 1.29 is 4.79 Å². The molecular formula is C15H21Cl3N2O. The molecule has 1 aliphatic rings. The van der Waals surface area contributed by atoms with Crippen molar-refractivity contribution >= 4 is 41.5 Å². The maximum absolute atomic E-state index is 12.1. The number of carbonyl (C=O) groups excluding carboxylic acids is 1. The minimum atomic E-state index is 0. The third-order valence-electron chi connectivity index (χ3n) is 3.70. The fourth-order valence-electron chi connectivity index (χ4n) is 2.54. The van der Waals surface area contributed by atoms with Crippen molar-refractivity contribution in [1.29, 1.82) is 0 Å². The van der Waals surface area contributed by atoms with E-state index in [-0.39, 0.29) is 18.3 Å². The van der Waals surface area contributed by atoms with Gasteiger partial charge in [-0.1, -0.05) is 23.2 Å². The van der Waals surface area contributed by atoms with Crippen molar-refractivity contribution in [3.63, 3.8) is 0 Å². The summed E-state index contributed by atoms with van der Waals surface area (Å²) in [5.74, 6) is 0.820. The molecule has 2 rings (SSSR count). The number of hydrogen-bond donors (Lipinski definition) is 1. The van der Waals surface area contributed by atoms with Gasteiger partial charge in [-0.25, -0.2) is 0 Å². The molecular weight excluding hydrogens is 331 g/mol. The lowest BCUT2D eigenvalue weighted by atomic mass is 10.0. The second-order valence-electron chi connectivity index (χ2n) is 5.42. The summed E-state index contributed by atoms with van der Waals surface area (Å²) < 4.78 is 0. The van der Waals surface area contributed by atoms with E-state index in [1.807, 2.05) is 19.2 Å². The highest BCUT2D eigenvalue weighted by Gasteiger charge is 2.17. The van der Waals surface area contributed by atoms with Gasteiger partial charge in [0.1, 0.15) is 0 Å². The van der Waals surface area contributed by atoms with Gasteiger partial charge in [0.15, 0.2) is 0 Å². The SMILES string of the molecule is CN(Cc1cc(Cl)cc(Cl)c1)C(=O)CCC1CCNC1.Cl. The molecule has 0 aromatic heterocycles. The molecule has 0 saturated carbocycles. The molecule has 0 aliphatic carbocycles. The van der Waals surface area contributed by atoms with Crippen LogP contribution in [-0.4, -0.2) is 30.9 Å². The van der Waals surface area contributed by atoms with E-state index in [0.717, 1.165) is 25.1 Å². The topological polar surface area (TPSA) is 32.3 Å². The van der Waals surface area contributed by atoms with E-state index >= 15 is 0 Å². The molecule has 1 unspecified atom stereocenters. The predicted molar refractivity (Wildman–Crippen MR) is 90.4 cm³/mol. The second kappa shape index (κ2) is 8.84. The van der Waals surface area contributed by atoms with Gasteiger partial charge in [-0.3, -0.25) is 4.79 Å². The molecule has 1 N–H and O–H groups in total. The first-order valence-corrected chi connectivity index (χ1v) is 7.70. The van der Waals surface area contributed by atoms with Crippen molar-refractivity contribution in [2.45, 2.75) is 25.8 Å². The molecule has 21 heavy (non-hydrogen) atoms. The minimum absolute atomic E-state index is 0. The standard InChI is InChI=1S/C15H20Cl2N2O.ClH/c1-19(10-12-6-13(16)8-14(17)7-12)15(20)3-2-11-4-5-18-9-11;/h6-8,11,18H,2-5,9-10H2,1H3;1H. The zero-order valence-electron chi connectivity index (χ0n) is 12.1. The second-order valence-corrected chi connectivity index (χ2v) is 6.30. The molecule has 0 radical (unpaired) electrons. The predicted octanol–water partition coefficient (Wildman–Crippen LogP) is 3.76. The Bertz CT molecular complexity index is 456. The molecule has 118 valence electrons. The van der Waals surface area contributed by atoms with Crippen LogP contribution in [0.25, 0.3) is 0 Å². The largest absolute Gasteiger partial charge is 0.341 e. The van der Waals surface area contributed by atoms with Gasteiger partial charge in [0.05, 0.1) is 0 Å². The molecule has 6 heteroatoms. The van der Waals surface area contributed by atoms with Gasteiger partial charge in [0.25, 0.3) is 0 Å². The molecule has 1 amide bonds. The van der Waals surface area contributed by atoms with Gasteiger partial charge in [-0.2, -0.15) is 0 Å². The van der Waals surface area contributed by atoms with Crippen LogP contribution in [0.5, 0.6) is 0 Å². The Morgan fingerprint density at radius 1 is 1.33 bits per heavy atom. The van der Waals surface area contributed by atoms with Crippen LogP contribution in [0.2, 0.25) is 10.0 Å². The van der Waals surface area contributed by atoms with Crippen LogP contribution < -0.4 is 5.32 Å². The highest BCUT2D eigenvalue weighted by molar-refractivity contribution is 6.34. The highest BCUT2D eigenvalue weighted by Crippen LogP contribution is 2.20. The first-order valence-electron chi connectivity index (χ1n) is 6.94. The van der Waals surface area contributed by atoms with Gasteiger partial charge in [-0.15, -0.1) is 12.4 Å². The summed E-state index contributed by atoms with van der Waals surface area (Å²) in [6, 6.07) is 5.39. The van der Waals surface area contributed by atoms with Gasteiger partial charge < -0.3 is 10.2 Å². The molecule has 1 aliphatic heterocycles. The number of rotatable bonds is 5. The Hall–Kier alpha value is -0.480. The zero-order chi connectivity index (χ0) is 14.5. The van der Waals surface area contributed by atoms with Gasteiger partial charge in [0.2, 0.25) is 5.91 Å². The summed E-state index contributed by atoms with van der Waals surface area (Å²) in [7, 11) is 1.82. The first kappa shape index (κ1) is 18.6. The fourth-order valence-corrected chi connectivity index (χ4v) is 3.11. The minimum Gasteiger partial charge on any atom is -0.341 e. The van der Waals surface area contributed by atoms with E-state index in [2.05, 4.69) is 5.32 Å². The maximum Gasteiger partial charge on any atom is 0.222 e. The van der Waals surface area contributed by atoms with Crippen molar-refractivity contribution in [3.8, 4) is 0 Å². The molecule has 1 aromatic rings. The van der Waals surface area contributed by atoms with E-state index in [9.17, 15) is 4.79 Å². The summed E-state index contributed by atoms with van der Waals surface area (Å²) >= 11 is 11.9. The van der Waals surface area contributed by atoms with Crippen molar-refractivity contribution in [3.05, 3.63) is 33.8 Å². The smallest absolute Gasteiger partial charge is 0.222 e. The average Bonchev–Trinajstić information content (AvgIpc) is 2.87. The molecule has 1 aromatic carbocycles. The molecule has 0 bridgehead atoms. The third-order valence-corrected chi connectivity index (χ3v) is 4.13. The van der Waals surface area contributed by atoms with E-state index < -0.39 is 0 Å². The molecule has 0 spiro atoms. The number of benzene rings is 1. The zero-order valence-corrected chi connectivity index (χ0v) is 14.4. The van der Waals surface area contributed by atoms with Crippen LogP contribution in [0.3, 0.4) is 0 Å². The van der Waals surface area contributed by atoms with E-state index in [1.165, 1.54) is 6.42 Å². The van der Waals surface area contributed by atoms with Crippen molar-refractivity contribution in [1.82, 2.24) is 10.2 Å². The van der Waals surface area contributed by atoms with Crippen molar-refractivity contribution in [2.24, 2.45) is 5.92 Å². The quantitative estimate of drug-likeness (QED) is 0.876. The average molecular weight is 352 g/mol. The van der Waals surface area contributed by atoms with Crippen LogP contribution in [0, 0.1) is 5.92 Å². The van der Waals surface area contributed by atoms with Gasteiger partial charge in [0, 0.05) is 30.1 Å². The van der Waals surface area contributed by atoms with Crippen LogP contribution in [0.1, 0.15) is 24.8 Å². The van der Waals surface area contributed by atoms with Crippen LogP contribution in [-0.2, 0) is 11.3 Å².